The van der Waals surface area contributed by atoms with Gasteiger partial charge in [0.25, 0.3) is 0 Å². The first-order valence-corrected chi connectivity index (χ1v) is 11.6. The van der Waals surface area contributed by atoms with E-state index in [9.17, 15) is 8.42 Å². The van der Waals surface area contributed by atoms with Crippen molar-refractivity contribution in [1.82, 2.24) is 24.6 Å². The van der Waals surface area contributed by atoms with Crippen molar-refractivity contribution in [1.29, 1.82) is 0 Å². The Hall–Kier alpha value is -0.920. The lowest BCUT2D eigenvalue weighted by atomic mass is 9.94. The van der Waals surface area contributed by atoms with Crippen LogP contribution in [0, 0.1) is 5.92 Å². The monoisotopic (exact) mass is 540 g/mol. The number of aromatic nitrogens is 1. The molecule has 2 saturated heterocycles. The standard InChI is InChI=1S/C18H32N6O3S.HI/c1-19-18(20-7-3-16-4-8-22(2)9-5-16)23-10-12-24(13-11-23)28(25,26)15-17-6-14-27-21-17;/h6,14,16H,3-5,7-13,15H2,1-2H3,(H,19,20);1H. The topological polar surface area (TPSA) is 94.3 Å². The Kier molecular flexibility index (Phi) is 9.63. The van der Waals surface area contributed by atoms with Crippen molar-refractivity contribution in [2.45, 2.75) is 25.0 Å². The average molecular weight is 540 g/mol. The van der Waals surface area contributed by atoms with Crippen molar-refractivity contribution in [2.75, 3.05) is 59.9 Å². The fourth-order valence-electron chi connectivity index (χ4n) is 3.84. The number of piperazine rings is 1. The maximum atomic E-state index is 12.5. The summed E-state index contributed by atoms with van der Waals surface area (Å²) in [6, 6.07) is 1.59. The Morgan fingerprint density at radius 2 is 1.93 bits per heavy atom. The predicted octanol–water partition coefficient (Wildman–Crippen LogP) is 1.05. The third-order valence-corrected chi connectivity index (χ3v) is 7.45. The zero-order chi connectivity index (χ0) is 20.0. The molecule has 1 N–H and O–H groups in total. The van der Waals surface area contributed by atoms with Crippen molar-refractivity contribution in [3.63, 3.8) is 0 Å². The molecule has 1 aromatic heterocycles. The molecule has 0 bridgehead atoms. The molecule has 2 aliphatic rings. The van der Waals surface area contributed by atoms with Gasteiger partial charge in [0.15, 0.2) is 5.96 Å². The lowest BCUT2D eigenvalue weighted by molar-refractivity contribution is 0.212. The molecule has 166 valence electrons. The summed E-state index contributed by atoms with van der Waals surface area (Å²) in [7, 11) is 0.588. The van der Waals surface area contributed by atoms with Crippen LogP contribution in [0.5, 0.6) is 0 Å². The Labute approximate surface area is 190 Å². The molecule has 0 radical (unpaired) electrons. The second-order valence-electron chi connectivity index (χ2n) is 7.64. The number of aliphatic imine (C=N–C) groups is 1. The van der Waals surface area contributed by atoms with Crippen LogP contribution in [0.15, 0.2) is 21.8 Å². The molecular weight excluding hydrogens is 507 g/mol. The maximum absolute atomic E-state index is 12.5. The van der Waals surface area contributed by atoms with E-state index in [4.69, 9.17) is 4.52 Å². The molecule has 0 atom stereocenters. The summed E-state index contributed by atoms with van der Waals surface area (Å²) in [6.45, 7) is 5.45. The summed E-state index contributed by atoms with van der Waals surface area (Å²) in [5.41, 5.74) is 0.439. The molecule has 11 heteroatoms. The van der Waals surface area contributed by atoms with Crippen LogP contribution in [0.3, 0.4) is 0 Å². The van der Waals surface area contributed by atoms with Gasteiger partial charge < -0.3 is 19.6 Å². The minimum atomic E-state index is -3.38. The van der Waals surface area contributed by atoms with Gasteiger partial charge in [-0.05, 0) is 45.3 Å². The maximum Gasteiger partial charge on any atom is 0.220 e. The van der Waals surface area contributed by atoms with Gasteiger partial charge in [-0.15, -0.1) is 24.0 Å². The molecule has 0 unspecified atom stereocenters. The average Bonchev–Trinajstić information content (AvgIpc) is 3.19. The highest BCUT2D eigenvalue weighted by atomic mass is 127. The Bertz CT molecular complexity index is 727. The smallest absolute Gasteiger partial charge is 0.220 e. The van der Waals surface area contributed by atoms with Crippen LogP contribution < -0.4 is 5.32 Å². The number of guanidine groups is 1. The third kappa shape index (κ3) is 7.07. The van der Waals surface area contributed by atoms with Crippen LogP contribution in [0.25, 0.3) is 0 Å². The molecule has 9 nitrogen and oxygen atoms in total. The Balaban J connectivity index is 0.00000300. The van der Waals surface area contributed by atoms with E-state index in [1.165, 1.54) is 36.5 Å². The number of nitrogens with zero attached hydrogens (tertiary/aromatic N) is 5. The molecule has 0 aliphatic carbocycles. The summed E-state index contributed by atoms with van der Waals surface area (Å²) in [4.78, 5) is 8.91. The highest BCUT2D eigenvalue weighted by Gasteiger charge is 2.29. The molecular formula is C18H33IN6O3S. The normalized spacial score (nSPS) is 20.5. The Morgan fingerprint density at radius 1 is 1.24 bits per heavy atom. The lowest BCUT2D eigenvalue weighted by Crippen LogP contribution is -2.54. The zero-order valence-corrected chi connectivity index (χ0v) is 20.4. The summed E-state index contributed by atoms with van der Waals surface area (Å²) in [5, 5.41) is 7.17. The van der Waals surface area contributed by atoms with Crippen molar-refractivity contribution in [3.8, 4) is 0 Å². The van der Waals surface area contributed by atoms with E-state index in [0.717, 1.165) is 24.8 Å². The largest absolute Gasteiger partial charge is 0.364 e. The van der Waals surface area contributed by atoms with Gasteiger partial charge in [0, 0.05) is 45.8 Å². The van der Waals surface area contributed by atoms with Crippen LogP contribution in [-0.2, 0) is 15.8 Å². The minimum absolute atomic E-state index is 0. The van der Waals surface area contributed by atoms with Gasteiger partial charge >= 0.3 is 0 Å². The number of hydrogen-bond acceptors (Lipinski definition) is 6. The summed E-state index contributed by atoms with van der Waals surface area (Å²) in [6.07, 6.45) is 5.07. The molecule has 2 aliphatic heterocycles. The Morgan fingerprint density at radius 3 is 2.52 bits per heavy atom. The predicted molar refractivity (Wildman–Crippen MR) is 124 cm³/mol. The van der Waals surface area contributed by atoms with Crippen LogP contribution in [-0.4, -0.2) is 93.5 Å². The lowest BCUT2D eigenvalue weighted by Gasteiger charge is -2.36. The van der Waals surface area contributed by atoms with Crippen molar-refractivity contribution < 1.29 is 12.9 Å². The first-order chi connectivity index (χ1) is 13.5. The van der Waals surface area contributed by atoms with Crippen molar-refractivity contribution >= 4 is 40.0 Å². The van der Waals surface area contributed by atoms with Gasteiger partial charge in [-0.2, -0.15) is 4.31 Å². The number of sulfonamides is 1. The number of halogens is 1. The van der Waals surface area contributed by atoms with Gasteiger partial charge in [0.1, 0.15) is 12.0 Å². The van der Waals surface area contributed by atoms with Crippen molar-refractivity contribution in [2.24, 2.45) is 10.9 Å². The van der Waals surface area contributed by atoms with E-state index < -0.39 is 10.0 Å². The quantitative estimate of drug-likeness (QED) is 0.328. The van der Waals surface area contributed by atoms with Gasteiger partial charge in [-0.1, -0.05) is 5.16 Å². The molecule has 0 aromatic carbocycles. The number of hydrogen-bond donors (Lipinski definition) is 1. The molecule has 3 heterocycles. The minimum Gasteiger partial charge on any atom is -0.364 e. The van der Waals surface area contributed by atoms with E-state index >= 15 is 0 Å². The first kappa shape index (κ1) is 24.4. The van der Waals surface area contributed by atoms with Crippen LogP contribution in [0.1, 0.15) is 25.0 Å². The fraction of sp³-hybridized carbons (Fsp3) is 0.778. The molecule has 3 rings (SSSR count). The fourth-order valence-corrected chi connectivity index (χ4v) is 5.26. The van der Waals surface area contributed by atoms with E-state index in [-0.39, 0.29) is 29.7 Å². The van der Waals surface area contributed by atoms with Crippen LogP contribution in [0.2, 0.25) is 0 Å². The van der Waals surface area contributed by atoms with Gasteiger partial charge in [-0.25, -0.2) is 8.42 Å². The molecule has 0 saturated carbocycles. The van der Waals surface area contributed by atoms with E-state index in [1.807, 2.05) is 0 Å². The molecule has 0 spiro atoms. The highest BCUT2D eigenvalue weighted by Crippen LogP contribution is 2.19. The number of piperidine rings is 1. The van der Waals surface area contributed by atoms with Crippen molar-refractivity contribution in [3.05, 3.63) is 18.0 Å². The summed E-state index contributed by atoms with van der Waals surface area (Å²) >= 11 is 0. The molecule has 1 aromatic rings. The molecule has 29 heavy (non-hydrogen) atoms. The van der Waals surface area contributed by atoms with Crippen LogP contribution >= 0.6 is 24.0 Å². The SMILES string of the molecule is CN=C(NCCC1CCN(C)CC1)N1CCN(S(=O)(=O)Cc2ccon2)CC1.I. The first-order valence-electron chi connectivity index (χ1n) is 9.99. The summed E-state index contributed by atoms with van der Waals surface area (Å²) in [5.74, 6) is 1.52. The van der Waals surface area contributed by atoms with Gasteiger partial charge in [0.05, 0.1) is 5.69 Å². The summed E-state index contributed by atoms with van der Waals surface area (Å²) < 4.78 is 31.4. The second kappa shape index (κ2) is 11.5. The molecule has 2 fully saturated rings. The van der Waals surface area contributed by atoms with E-state index in [0.29, 0.717) is 31.9 Å². The number of nitrogens with one attached hydrogen (secondary N) is 1. The second-order valence-corrected chi connectivity index (χ2v) is 9.61. The zero-order valence-electron chi connectivity index (χ0n) is 17.3. The number of likely N-dealkylation sites (tertiary alicyclic amines) is 1. The van der Waals surface area contributed by atoms with E-state index in [2.05, 4.69) is 32.3 Å². The van der Waals surface area contributed by atoms with Gasteiger partial charge in [-0.3, -0.25) is 4.99 Å². The third-order valence-electron chi connectivity index (χ3n) is 5.64. The molecule has 0 amide bonds. The number of rotatable bonds is 6. The van der Waals surface area contributed by atoms with E-state index in [1.54, 1.807) is 13.1 Å². The van der Waals surface area contributed by atoms with Crippen LogP contribution in [0.4, 0.5) is 0 Å². The highest BCUT2D eigenvalue weighted by molar-refractivity contribution is 14.0. The van der Waals surface area contributed by atoms with Gasteiger partial charge in [0.2, 0.25) is 10.0 Å².